The minimum absolute atomic E-state index is 0.0153. The van der Waals surface area contributed by atoms with E-state index in [1.54, 1.807) is 17.9 Å². The standard InChI is InChI=1S/C17H27N3O4/c1-3-7-18-10-11-20(15(21)12-16(22)24-4-2)14(13-18)17(23)19-8-5-6-9-19/h3,14H,1,4-13H2,2H3. The van der Waals surface area contributed by atoms with Crippen LogP contribution >= 0.6 is 0 Å². The molecule has 0 aromatic carbocycles. The molecule has 2 aliphatic heterocycles. The van der Waals surface area contributed by atoms with E-state index in [4.69, 9.17) is 4.74 Å². The van der Waals surface area contributed by atoms with Crippen molar-refractivity contribution in [1.82, 2.24) is 14.7 Å². The minimum atomic E-state index is -0.539. The molecule has 2 fully saturated rings. The molecule has 2 saturated heterocycles. The lowest BCUT2D eigenvalue weighted by atomic mass is 10.1. The predicted octanol–water partition coefficient (Wildman–Crippen LogP) is 0.261. The maximum atomic E-state index is 12.8. The van der Waals surface area contributed by atoms with E-state index in [1.807, 2.05) is 4.90 Å². The summed E-state index contributed by atoms with van der Waals surface area (Å²) in [5, 5.41) is 0. The Balaban J connectivity index is 2.07. The Hall–Kier alpha value is -1.89. The van der Waals surface area contributed by atoms with E-state index in [0.717, 1.165) is 25.9 Å². The topological polar surface area (TPSA) is 70.2 Å². The molecule has 2 heterocycles. The van der Waals surface area contributed by atoms with Crippen LogP contribution in [0, 0.1) is 0 Å². The van der Waals surface area contributed by atoms with Gasteiger partial charge in [0.2, 0.25) is 11.8 Å². The molecule has 0 spiro atoms. The molecular formula is C17H27N3O4. The number of piperazine rings is 1. The van der Waals surface area contributed by atoms with Gasteiger partial charge in [-0.25, -0.2) is 0 Å². The van der Waals surface area contributed by atoms with Gasteiger partial charge in [0.05, 0.1) is 6.61 Å². The third-order valence-electron chi connectivity index (χ3n) is 4.48. The number of rotatable bonds is 6. The van der Waals surface area contributed by atoms with Crippen LogP contribution in [0.15, 0.2) is 12.7 Å². The monoisotopic (exact) mass is 337 g/mol. The van der Waals surface area contributed by atoms with E-state index >= 15 is 0 Å². The van der Waals surface area contributed by atoms with E-state index in [-0.39, 0.29) is 24.8 Å². The second kappa shape index (κ2) is 8.82. The smallest absolute Gasteiger partial charge is 0.315 e. The summed E-state index contributed by atoms with van der Waals surface area (Å²) in [6.07, 6.45) is 3.50. The Morgan fingerprint density at radius 2 is 1.88 bits per heavy atom. The van der Waals surface area contributed by atoms with Crippen LogP contribution in [-0.2, 0) is 19.1 Å². The summed E-state index contributed by atoms with van der Waals surface area (Å²) >= 11 is 0. The molecular weight excluding hydrogens is 310 g/mol. The summed E-state index contributed by atoms with van der Waals surface area (Å²) in [5.74, 6) is -0.883. The van der Waals surface area contributed by atoms with Gasteiger partial charge in [0.15, 0.2) is 0 Å². The number of carbonyl (C=O) groups is 3. The number of likely N-dealkylation sites (tertiary alicyclic amines) is 1. The third kappa shape index (κ3) is 4.56. The van der Waals surface area contributed by atoms with Crippen LogP contribution in [-0.4, -0.2) is 84.4 Å². The molecule has 2 aliphatic rings. The van der Waals surface area contributed by atoms with Gasteiger partial charge in [-0.1, -0.05) is 6.08 Å². The number of hydrogen-bond acceptors (Lipinski definition) is 5. The first-order valence-electron chi connectivity index (χ1n) is 8.64. The molecule has 0 aromatic heterocycles. The van der Waals surface area contributed by atoms with E-state index in [0.29, 0.717) is 26.2 Å². The van der Waals surface area contributed by atoms with Gasteiger partial charge in [0.1, 0.15) is 12.5 Å². The zero-order chi connectivity index (χ0) is 17.5. The Morgan fingerprint density at radius 1 is 1.17 bits per heavy atom. The Kier molecular flexibility index (Phi) is 6.78. The molecule has 0 aliphatic carbocycles. The second-order valence-electron chi connectivity index (χ2n) is 6.17. The molecule has 2 rings (SSSR count). The first-order chi connectivity index (χ1) is 11.6. The second-order valence-corrected chi connectivity index (χ2v) is 6.17. The van der Waals surface area contributed by atoms with Crippen LogP contribution in [0.1, 0.15) is 26.2 Å². The Labute approximate surface area is 143 Å². The first-order valence-corrected chi connectivity index (χ1v) is 8.64. The van der Waals surface area contributed by atoms with Gasteiger partial charge in [0, 0.05) is 39.3 Å². The van der Waals surface area contributed by atoms with E-state index in [1.165, 1.54) is 0 Å². The molecule has 0 saturated carbocycles. The number of amides is 2. The van der Waals surface area contributed by atoms with Crippen molar-refractivity contribution in [3.05, 3.63) is 12.7 Å². The molecule has 7 heteroatoms. The van der Waals surface area contributed by atoms with Crippen molar-refractivity contribution in [2.75, 3.05) is 45.9 Å². The van der Waals surface area contributed by atoms with Crippen LogP contribution in [0.3, 0.4) is 0 Å². The lowest BCUT2D eigenvalue weighted by molar-refractivity contribution is -0.155. The molecule has 7 nitrogen and oxygen atoms in total. The van der Waals surface area contributed by atoms with Crippen LogP contribution in [0.2, 0.25) is 0 Å². The Bertz CT molecular complexity index is 488. The largest absolute Gasteiger partial charge is 0.466 e. The quantitative estimate of drug-likeness (QED) is 0.395. The predicted molar refractivity (Wildman–Crippen MR) is 89.2 cm³/mol. The van der Waals surface area contributed by atoms with Crippen LogP contribution in [0.25, 0.3) is 0 Å². The maximum Gasteiger partial charge on any atom is 0.315 e. The number of carbonyl (C=O) groups excluding carboxylic acids is 3. The average molecular weight is 337 g/mol. The highest BCUT2D eigenvalue weighted by Gasteiger charge is 2.38. The van der Waals surface area contributed by atoms with Gasteiger partial charge in [-0.05, 0) is 19.8 Å². The Morgan fingerprint density at radius 3 is 2.50 bits per heavy atom. The fourth-order valence-corrected chi connectivity index (χ4v) is 3.28. The average Bonchev–Trinajstić information content (AvgIpc) is 3.09. The van der Waals surface area contributed by atoms with Crippen molar-refractivity contribution in [2.45, 2.75) is 32.2 Å². The molecule has 0 bridgehead atoms. The number of hydrogen-bond donors (Lipinski definition) is 0. The summed E-state index contributed by atoms with van der Waals surface area (Å²) in [7, 11) is 0. The molecule has 0 radical (unpaired) electrons. The van der Waals surface area contributed by atoms with Crippen LogP contribution in [0.5, 0.6) is 0 Å². The summed E-state index contributed by atoms with van der Waals surface area (Å²) in [4.78, 5) is 42.4. The lowest BCUT2D eigenvalue weighted by Crippen LogP contribution is -2.61. The van der Waals surface area contributed by atoms with Gasteiger partial charge < -0.3 is 14.5 Å². The van der Waals surface area contributed by atoms with E-state index in [9.17, 15) is 14.4 Å². The molecule has 0 aromatic rings. The number of esters is 1. The molecule has 134 valence electrons. The summed E-state index contributed by atoms with van der Waals surface area (Å²) in [6, 6.07) is -0.529. The van der Waals surface area contributed by atoms with Gasteiger partial charge in [-0.3, -0.25) is 19.3 Å². The lowest BCUT2D eigenvalue weighted by Gasteiger charge is -2.41. The zero-order valence-corrected chi connectivity index (χ0v) is 14.4. The highest BCUT2D eigenvalue weighted by molar-refractivity contribution is 5.97. The minimum Gasteiger partial charge on any atom is -0.466 e. The zero-order valence-electron chi connectivity index (χ0n) is 14.4. The van der Waals surface area contributed by atoms with Crippen LogP contribution < -0.4 is 0 Å². The number of ether oxygens (including phenoxy) is 1. The van der Waals surface area contributed by atoms with Gasteiger partial charge in [0.25, 0.3) is 0 Å². The molecule has 1 atom stereocenters. The van der Waals surface area contributed by atoms with E-state index < -0.39 is 12.0 Å². The molecule has 24 heavy (non-hydrogen) atoms. The summed E-state index contributed by atoms with van der Waals surface area (Å²) < 4.78 is 4.85. The van der Waals surface area contributed by atoms with Gasteiger partial charge in [-0.2, -0.15) is 0 Å². The van der Waals surface area contributed by atoms with Crippen LogP contribution in [0.4, 0.5) is 0 Å². The van der Waals surface area contributed by atoms with Crippen molar-refractivity contribution in [1.29, 1.82) is 0 Å². The summed E-state index contributed by atoms with van der Waals surface area (Å²) in [6.45, 7) is 9.46. The highest BCUT2D eigenvalue weighted by atomic mass is 16.5. The van der Waals surface area contributed by atoms with Crippen molar-refractivity contribution in [2.24, 2.45) is 0 Å². The van der Waals surface area contributed by atoms with Gasteiger partial charge in [-0.15, -0.1) is 6.58 Å². The van der Waals surface area contributed by atoms with Crippen molar-refractivity contribution in [3.8, 4) is 0 Å². The number of nitrogens with zero attached hydrogens (tertiary/aromatic N) is 3. The fraction of sp³-hybridized carbons (Fsp3) is 0.706. The third-order valence-corrected chi connectivity index (χ3v) is 4.48. The highest BCUT2D eigenvalue weighted by Crippen LogP contribution is 2.17. The van der Waals surface area contributed by atoms with E-state index in [2.05, 4.69) is 11.5 Å². The van der Waals surface area contributed by atoms with Gasteiger partial charge >= 0.3 is 5.97 Å². The van der Waals surface area contributed by atoms with Crippen molar-refractivity contribution < 1.29 is 19.1 Å². The molecule has 2 amide bonds. The van der Waals surface area contributed by atoms with Crippen molar-refractivity contribution in [3.63, 3.8) is 0 Å². The molecule has 0 N–H and O–H groups in total. The normalized spacial score (nSPS) is 21.6. The van der Waals surface area contributed by atoms with Crippen molar-refractivity contribution >= 4 is 17.8 Å². The molecule has 1 unspecified atom stereocenters. The maximum absolute atomic E-state index is 12.8. The first kappa shape index (κ1) is 18.4. The SMILES string of the molecule is C=CCN1CCN(C(=O)CC(=O)OCC)C(C(=O)N2CCCC2)C1. The fourth-order valence-electron chi connectivity index (χ4n) is 3.28. The summed E-state index contributed by atoms with van der Waals surface area (Å²) in [5.41, 5.74) is 0.